The first-order valence-corrected chi connectivity index (χ1v) is 7.17. The fourth-order valence-electron chi connectivity index (χ4n) is 3.65. The van der Waals surface area contributed by atoms with Crippen LogP contribution in [0, 0.1) is 5.92 Å². The second kappa shape index (κ2) is 5.37. The quantitative estimate of drug-likeness (QED) is 0.912. The number of fused-ring (bicyclic) bond motifs is 2. The van der Waals surface area contributed by atoms with Gasteiger partial charge in [0.1, 0.15) is 0 Å². The van der Waals surface area contributed by atoms with Crippen LogP contribution in [0.4, 0.5) is 0 Å². The highest BCUT2D eigenvalue weighted by molar-refractivity contribution is 5.87. The summed E-state index contributed by atoms with van der Waals surface area (Å²) in [5, 5.41) is 8.93. The number of hydrogen-bond acceptors (Lipinski definition) is 3. The maximum absolute atomic E-state index is 12.1. The van der Waals surface area contributed by atoms with Crippen LogP contribution in [0.5, 0.6) is 0 Å². The Morgan fingerprint density at radius 3 is 2.65 bits per heavy atom. The summed E-state index contributed by atoms with van der Waals surface area (Å²) < 4.78 is 0. The Hall–Kier alpha value is -1.68. The number of ketones is 1. The van der Waals surface area contributed by atoms with E-state index in [9.17, 15) is 9.59 Å². The van der Waals surface area contributed by atoms with E-state index >= 15 is 0 Å². The molecule has 1 N–H and O–H groups in total. The average Bonchev–Trinajstić information content (AvgIpc) is 2.58. The number of benzene rings is 1. The lowest BCUT2D eigenvalue weighted by molar-refractivity contribution is -0.139. The Labute approximate surface area is 118 Å². The maximum Gasteiger partial charge on any atom is 0.303 e. The number of aliphatic carboxylic acids is 1. The van der Waals surface area contributed by atoms with Crippen molar-refractivity contribution in [2.75, 3.05) is 0 Å². The van der Waals surface area contributed by atoms with Crippen LogP contribution in [0.3, 0.4) is 0 Å². The van der Waals surface area contributed by atoms with Gasteiger partial charge in [0, 0.05) is 25.4 Å². The van der Waals surface area contributed by atoms with E-state index in [2.05, 4.69) is 17.0 Å². The van der Waals surface area contributed by atoms with Gasteiger partial charge in [0.15, 0.2) is 5.78 Å². The number of piperidine rings is 1. The zero-order valence-electron chi connectivity index (χ0n) is 11.4. The summed E-state index contributed by atoms with van der Waals surface area (Å²) in [6.07, 6.45) is 2.32. The number of carbonyl (C=O) groups excluding carboxylic acids is 1. The number of carboxylic acid groups (broad SMARTS) is 1. The van der Waals surface area contributed by atoms with Crippen molar-refractivity contribution in [1.82, 2.24) is 4.90 Å². The molecule has 0 saturated carbocycles. The summed E-state index contributed by atoms with van der Waals surface area (Å²) in [6.45, 7) is 0.793. The van der Waals surface area contributed by atoms with Gasteiger partial charge in [0.25, 0.3) is 0 Å². The molecule has 2 fully saturated rings. The van der Waals surface area contributed by atoms with Crippen LogP contribution in [0.2, 0.25) is 0 Å². The molecule has 0 aliphatic carbocycles. The van der Waals surface area contributed by atoms with Crippen molar-refractivity contribution in [1.29, 1.82) is 0 Å². The van der Waals surface area contributed by atoms with Gasteiger partial charge >= 0.3 is 5.97 Å². The topological polar surface area (TPSA) is 57.6 Å². The minimum atomic E-state index is -0.752. The van der Waals surface area contributed by atoms with Crippen molar-refractivity contribution in [2.45, 2.75) is 44.3 Å². The third kappa shape index (κ3) is 2.61. The standard InChI is InChI=1S/C16H19NO3/c18-15-9-13-6-12(8-16(19)20)7-14(15)17(13)10-11-4-2-1-3-5-11/h1-5,12-14H,6-10H2,(H,19,20). The Kier molecular flexibility index (Phi) is 3.57. The predicted octanol–water partition coefficient (Wildman–Crippen LogP) is 2.08. The number of rotatable bonds is 4. The molecule has 3 unspecified atom stereocenters. The first-order chi connectivity index (χ1) is 9.63. The van der Waals surface area contributed by atoms with Gasteiger partial charge in [-0.15, -0.1) is 0 Å². The van der Waals surface area contributed by atoms with Crippen molar-refractivity contribution in [3.05, 3.63) is 35.9 Å². The summed E-state index contributed by atoms with van der Waals surface area (Å²) >= 11 is 0. The van der Waals surface area contributed by atoms with Crippen LogP contribution >= 0.6 is 0 Å². The molecule has 0 aromatic heterocycles. The predicted molar refractivity (Wildman–Crippen MR) is 74.2 cm³/mol. The Bertz CT molecular complexity index is 514. The zero-order valence-corrected chi connectivity index (χ0v) is 11.4. The van der Waals surface area contributed by atoms with Gasteiger partial charge in [-0.2, -0.15) is 0 Å². The lowest BCUT2D eigenvalue weighted by Gasteiger charge is -2.37. The monoisotopic (exact) mass is 273 g/mol. The number of carbonyl (C=O) groups is 2. The third-order valence-corrected chi connectivity index (χ3v) is 4.51. The molecule has 3 rings (SSSR count). The minimum absolute atomic E-state index is 0.0710. The smallest absolute Gasteiger partial charge is 0.303 e. The molecule has 2 bridgehead atoms. The van der Waals surface area contributed by atoms with Gasteiger partial charge in [-0.3, -0.25) is 14.5 Å². The summed E-state index contributed by atoms with van der Waals surface area (Å²) in [4.78, 5) is 25.2. The van der Waals surface area contributed by atoms with Crippen LogP contribution in [-0.2, 0) is 16.1 Å². The molecule has 0 amide bonds. The highest BCUT2D eigenvalue weighted by atomic mass is 16.4. The summed E-state index contributed by atoms with van der Waals surface area (Å²) in [7, 11) is 0. The fourth-order valence-corrected chi connectivity index (χ4v) is 3.65. The van der Waals surface area contributed by atoms with E-state index in [-0.39, 0.29) is 24.4 Å². The highest BCUT2D eigenvalue weighted by Crippen LogP contribution is 2.38. The van der Waals surface area contributed by atoms with E-state index in [0.717, 1.165) is 13.0 Å². The van der Waals surface area contributed by atoms with E-state index in [0.29, 0.717) is 18.6 Å². The van der Waals surface area contributed by atoms with Gasteiger partial charge in [-0.1, -0.05) is 30.3 Å². The Morgan fingerprint density at radius 2 is 2.00 bits per heavy atom. The zero-order chi connectivity index (χ0) is 14.1. The lowest BCUT2D eigenvalue weighted by atomic mass is 9.88. The van der Waals surface area contributed by atoms with Crippen molar-refractivity contribution in [3.63, 3.8) is 0 Å². The molecule has 2 heterocycles. The van der Waals surface area contributed by atoms with Crippen molar-refractivity contribution in [3.8, 4) is 0 Å². The lowest BCUT2D eigenvalue weighted by Crippen LogP contribution is -2.44. The molecule has 4 heteroatoms. The first kappa shape index (κ1) is 13.3. The molecule has 106 valence electrons. The molecule has 0 spiro atoms. The summed E-state index contributed by atoms with van der Waals surface area (Å²) in [6, 6.07) is 10.3. The summed E-state index contributed by atoms with van der Waals surface area (Å²) in [5.41, 5.74) is 1.22. The average molecular weight is 273 g/mol. The van der Waals surface area contributed by atoms with Gasteiger partial charge in [0.2, 0.25) is 0 Å². The van der Waals surface area contributed by atoms with Crippen LogP contribution in [0.1, 0.15) is 31.2 Å². The van der Waals surface area contributed by atoms with Gasteiger partial charge in [-0.25, -0.2) is 0 Å². The molecule has 1 aromatic rings. The molecular formula is C16H19NO3. The van der Waals surface area contributed by atoms with E-state index in [1.54, 1.807) is 0 Å². The Balaban J connectivity index is 1.72. The summed E-state index contributed by atoms with van der Waals surface area (Å²) in [5.74, 6) is -0.307. The van der Waals surface area contributed by atoms with E-state index in [1.807, 2.05) is 18.2 Å². The van der Waals surface area contributed by atoms with Crippen molar-refractivity contribution >= 4 is 11.8 Å². The van der Waals surface area contributed by atoms with Gasteiger partial charge in [-0.05, 0) is 24.3 Å². The molecule has 2 aliphatic rings. The number of hydrogen-bond donors (Lipinski definition) is 1. The molecule has 20 heavy (non-hydrogen) atoms. The molecule has 3 atom stereocenters. The number of Topliss-reactive ketones (excluding diaryl/α,β-unsaturated/α-hetero) is 1. The Morgan fingerprint density at radius 1 is 1.25 bits per heavy atom. The van der Waals surface area contributed by atoms with Gasteiger partial charge < -0.3 is 5.11 Å². The second-order valence-corrected chi connectivity index (χ2v) is 5.93. The van der Waals surface area contributed by atoms with Crippen LogP contribution in [0.25, 0.3) is 0 Å². The molecule has 0 radical (unpaired) electrons. The van der Waals surface area contributed by atoms with Gasteiger partial charge in [0.05, 0.1) is 6.04 Å². The second-order valence-electron chi connectivity index (χ2n) is 5.93. The number of carboxylic acids is 1. The SMILES string of the molecule is O=C(O)CC1CC2CC(=O)C(C1)N2Cc1ccccc1. The minimum Gasteiger partial charge on any atom is -0.481 e. The van der Waals surface area contributed by atoms with Crippen LogP contribution in [0.15, 0.2) is 30.3 Å². The van der Waals surface area contributed by atoms with Crippen molar-refractivity contribution in [2.24, 2.45) is 5.92 Å². The molecule has 2 saturated heterocycles. The maximum atomic E-state index is 12.1. The van der Waals surface area contributed by atoms with E-state index in [4.69, 9.17) is 5.11 Å². The van der Waals surface area contributed by atoms with Crippen molar-refractivity contribution < 1.29 is 14.7 Å². The van der Waals surface area contributed by atoms with E-state index < -0.39 is 5.97 Å². The van der Waals surface area contributed by atoms with E-state index in [1.165, 1.54) is 5.56 Å². The largest absolute Gasteiger partial charge is 0.481 e. The molecular weight excluding hydrogens is 254 g/mol. The number of nitrogens with zero attached hydrogens (tertiary/aromatic N) is 1. The van der Waals surface area contributed by atoms with Crippen LogP contribution < -0.4 is 0 Å². The third-order valence-electron chi connectivity index (χ3n) is 4.51. The highest BCUT2D eigenvalue weighted by Gasteiger charge is 2.46. The molecule has 4 nitrogen and oxygen atoms in total. The normalized spacial score (nSPS) is 29.6. The fraction of sp³-hybridized carbons (Fsp3) is 0.500. The molecule has 2 aliphatic heterocycles. The molecule has 1 aromatic carbocycles. The van der Waals surface area contributed by atoms with Crippen LogP contribution in [-0.4, -0.2) is 33.8 Å². The first-order valence-electron chi connectivity index (χ1n) is 7.17.